The summed E-state index contributed by atoms with van der Waals surface area (Å²) in [6.45, 7) is 6.02. The highest BCUT2D eigenvalue weighted by atomic mass is 16.1. The minimum atomic E-state index is -0.191. The van der Waals surface area contributed by atoms with Crippen molar-refractivity contribution >= 4 is 0 Å². The van der Waals surface area contributed by atoms with Gasteiger partial charge in [-0.15, -0.1) is 0 Å². The standard InChI is InChI=1S/C13H15N3O/c1-13(2,3)12-15-10(8-11(17)16-12)9-6-4-5-7-14-9/h4-8H,1-3H3,(H,15,16,17). The Morgan fingerprint density at radius 3 is 2.53 bits per heavy atom. The first-order valence-corrected chi connectivity index (χ1v) is 5.50. The van der Waals surface area contributed by atoms with Crippen molar-refractivity contribution in [3.8, 4) is 11.4 Å². The molecular weight excluding hydrogens is 214 g/mol. The van der Waals surface area contributed by atoms with Crippen molar-refractivity contribution in [1.82, 2.24) is 15.0 Å². The van der Waals surface area contributed by atoms with E-state index in [4.69, 9.17) is 0 Å². The monoisotopic (exact) mass is 229 g/mol. The number of aromatic nitrogens is 3. The van der Waals surface area contributed by atoms with Crippen LogP contribution in [0.15, 0.2) is 35.3 Å². The van der Waals surface area contributed by atoms with Crippen molar-refractivity contribution in [3.63, 3.8) is 0 Å². The van der Waals surface area contributed by atoms with Crippen molar-refractivity contribution in [1.29, 1.82) is 0 Å². The largest absolute Gasteiger partial charge is 0.310 e. The van der Waals surface area contributed by atoms with Gasteiger partial charge in [-0.2, -0.15) is 0 Å². The Morgan fingerprint density at radius 2 is 1.94 bits per heavy atom. The molecule has 0 aliphatic carbocycles. The van der Waals surface area contributed by atoms with Gasteiger partial charge in [0.2, 0.25) is 0 Å². The van der Waals surface area contributed by atoms with E-state index >= 15 is 0 Å². The molecular formula is C13H15N3O. The molecule has 0 unspecified atom stereocenters. The van der Waals surface area contributed by atoms with Crippen LogP contribution in [0.4, 0.5) is 0 Å². The van der Waals surface area contributed by atoms with Crippen LogP contribution in [-0.2, 0) is 5.41 Å². The normalized spacial score (nSPS) is 11.5. The quantitative estimate of drug-likeness (QED) is 0.815. The topological polar surface area (TPSA) is 58.6 Å². The summed E-state index contributed by atoms with van der Waals surface area (Å²) in [6, 6.07) is 7.02. The maximum absolute atomic E-state index is 11.6. The zero-order chi connectivity index (χ0) is 12.5. The zero-order valence-corrected chi connectivity index (χ0v) is 10.2. The first kappa shape index (κ1) is 11.5. The van der Waals surface area contributed by atoms with Crippen LogP contribution < -0.4 is 5.56 Å². The molecule has 4 nitrogen and oxygen atoms in total. The molecule has 88 valence electrons. The molecule has 0 atom stereocenters. The van der Waals surface area contributed by atoms with E-state index in [0.29, 0.717) is 17.2 Å². The lowest BCUT2D eigenvalue weighted by molar-refractivity contribution is 0.543. The molecule has 1 N–H and O–H groups in total. The van der Waals surface area contributed by atoms with Gasteiger partial charge < -0.3 is 4.98 Å². The van der Waals surface area contributed by atoms with Crippen LogP contribution in [0.2, 0.25) is 0 Å². The molecule has 4 heteroatoms. The first-order valence-electron chi connectivity index (χ1n) is 5.50. The van der Waals surface area contributed by atoms with Gasteiger partial charge in [0, 0.05) is 17.7 Å². The number of hydrogen-bond acceptors (Lipinski definition) is 3. The molecule has 2 rings (SSSR count). The summed E-state index contributed by atoms with van der Waals surface area (Å²) in [5.74, 6) is 0.672. The molecule has 0 saturated carbocycles. The van der Waals surface area contributed by atoms with Gasteiger partial charge in [-0.25, -0.2) is 4.98 Å². The van der Waals surface area contributed by atoms with Gasteiger partial charge in [0.1, 0.15) is 5.82 Å². The summed E-state index contributed by atoms with van der Waals surface area (Å²) >= 11 is 0. The number of hydrogen-bond donors (Lipinski definition) is 1. The summed E-state index contributed by atoms with van der Waals surface area (Å²) in [6.07, 6.45) is 1.69. The second kappa shape index (κ2) is 4.13. The Labute approximate surface area is 99.8 Å². The lowest BCUT2D eigenvalue weighted by Gasteiger charge is -2.17. The van der Waals surface area contributed by atoms with Crippen molar-refractivity contribution in [3.05, 3.63) is 46.6 Å². The molecule has 0 fully saturated rings. The fourth-order valence-electron chi connectivity index (χ4n) is 1.46. The zero-order valence-electron chi connectivity index (χ0n) is 10.2. The first-order chi connectivity index (χ1) is 7.97. The van der Waals surface area contributed by atoms with Crippen LogP contribution >= 0.6 is 0 Å². The highest BCUT2D eigenvalue weighted by Crippen LogP contribution is 2.19. The van der Waals surface area contributed by atoms with Gasteiger partial charge in [0.15, 0.2) is 0 Å². The number of aromatic amines is 1. The average Bonchev–Trinajstić information content (AvgIpc) is 2.28. The number of pyridine rings is 1. The molecule has 0 bridgehead atoms. The van der Waals surface area contributed by atoms with Crippen LogP contribution in [-0.4, -0.2) is 15.0 Å². The smallest absolute Gasteiger partial charge is 0.251 e. The molecule has 2 aromatic heterocycles. The highest BCUT2D eigenvalue weighted by molar-refractivity contribution is 5.52. The molecule has 2 aromatic rings. The average molecular weight is 229 g/mol. The van der Waals surface area contributed by atoms with Crippen molar-refractivity contribution in [2.45, 2.75) is 26.2 Å². The summed E-state index contributed by atoms with van der Waals surface area (Å²) < 4.78 is 0. The van der Waals surface area contributed by atoms with Crippen LogP contribution in [0.5, 0.6) is 0 Å². The van der Waals surface area contributed by atoms with Gasteiger partial charge in [-0.1, -0.05) is 26.8 Å². The fourth-order valence-corrected chi connectivity index (χ4v) is 1.46. The second-order valence-corrected chi connectivity index (χ2v) is 4.94. The van der Waals surface area contributed by atoms with Crippen LogP contribution in [0.1, 0.15) is 26.6 Å². The number of rotatable bonds is 1. The molecule has 0 aromatic carbocycles. The van der Waals surface area contributed by atoms with Crippen molar-refractivity contribution in [2.24, 2.45) is 0 Å². The lowest BCUT2D eigenvalue weighted by Crippen LogP contribution is -2.22. The molecule has 2 heterocycles. The van der Waals surface area contributed by atoms with E-state index in [1.807, 2.05) is 39.0 Å². The predicted octanol–water partition coefficient (Wildman–Crippen LogP) is 2.13. The fraction of sp³-hybridized carbons (Fsp3) is 0.308. The summed E-state index contributed by atoms with van der Waals surface area (Å²) in [4.78, 5) is 23.0. The van der Waals surface area contributed by atoms with Crippen LogP contribution in [0, 0.1) is 0 Å². The van der Waals surface area contributed by atoms with E-state index in [-0.39, 0.29) is 11.0 Å². The van der Waals surface area contributed by atoms with E-state index in [0.717, 1.165) is 0 Å². The molecule has 0 amide bonds. The maximum atomic E-state index is 11.6. The van der Waals surface area contributed by atoms with Gasteiger partial charge >= 0.3 is 0 Å². The van der Waals surface area contributed by atoms with E-state index in [1.165, 1.54) is 6.07 Å². The van der Waals surface area contributed by atoms with Crippen molar-refractivity contribution < 1.29 is 0 Å². The third kappa shape index (κ3) is 2.58. The SMILES string of the molecule is CC(C)(C)c1nc(-c2ccccn2)cc(=O)[nH]1. The van der Waals surface area contributed by atoms with E-state index in [2.05, 4.69) is 15.0 Å². The van der Waals surface area contributed by atoms with E-state index < -0.39 is 0 Å². The Morgan fingerprint density at radius 1 is 1.18 bits per heavy atom. The maximum Gasteiger partial charge on any atom is 0.251 e. The molecule has 17 heavy (non-hydrogen) atoms. The van der Waals surface area contributed by atoms with E-state index in [9.17, 15) is 4.79 Å². The Bertz CT molecular complexity index is 567. The summed E-state index contributed by atoms with van der Waals surface area (Å²) in [5.41, 5.74) is 0.984. The molecule has 0 saturated heterocycles. The van der Waals surface area contributed by atoms with Gasteiger partial charge in [-0.05, 0) is 12.1 Å². The van der Waals surface area contributed by atoms with E-state index in [1.54, 1.807) is 6.20 Å². The minimum Gasteiger partial charge on any atom is -0.310 e. The molecule has 0 aliphatic heterocycles. The second-order valence-electron chi connectivity index (χ2n) is 4.94. The summed E-state index contributed by atoms with van der Waals surface area (Å²) in [5, 5.41) is 0. The highest BCUT2D eigenvalue weighted by Gasteiger charge is 2.18. The Kier molecular flexibility index (Phi) is 2.79. The Hall–Kier alpha value is -1.97. The van der Waals surface area contributed by atoms with Gasteiger partial charge in [0.05, 0.1) is 11.4 Å². The number of nitrogens with zero attached hydrogens (tertiary/aromatic N) is 2. The van der Waals surface area contributed by atoms with Gasteiger partial charge in [0.25, 0.3) is 5.56 Å². The number of nitrogens with one attached hydrogen (secondary N) is 1. The number of H-pyrrole nitrogens is 1. The third-order valence-corrected chi connectivity index (χ3v) is 2.38. The molecule has 0 radical (unpaired) electrons. The van der Waals surface area contributed by atoms with Crippen molar-refractivity contribution in [2.75, 3.05) is 0 Å². The lowest BCUT2D eigenvalue weighted by atomic mass is 9.95. The predicted molar refractivity (Wildman–Crippen MR) is 66.8 cm³/mol. The van der Waals surface area contributed by atoms with Gasteiger partial charge in [-0.3, -0.25) is 9.78 Å². The minimum absolute atomic E-state index is 0.148. The Balaban J connectivity index is 2.58. The van der Waals surface area contributed by atoms with Crippen LogP contribution in [0.25, 0.3) is 11.4 Å². The molecule has 0 spiro atoms. The third-order valence-electron chi connectivity index (χ3n) is 2.38. The molecule has 0 aliphatic rings. The summed E-state index contributed by atoms with van der Waals surface area (Å²) in [7, 11) is 0. The van der Waals surface area contributed by atoms with Crippen LogP contribution in [0.3, 0.4) is 0 Å².